The Labute approximate surface area is 119 Å². The molecule has 1 aromatic rings. The quantitative estimate of drug-likeness (QED) is 0.524. The number of halogens is 1. The van der Waals surface area contributed by atoms with Crippen LogP contribution in [0.4, 0.5) is 15.8 Å². The smallest absolute Gasteiger partial charge is 0.338 e. The van der Waals surface area contributed by atoms with E-state index in [0.29, 0.717) is 19.0 Å². The molecule has 0 aliphatic heterocycles. The Morgan fingerprint density at radius 2 is 2.14 bits per heavy atom. The van der Waals surface area contributed by atoms with E-state index in [1.54, 1.807) is 0 Å². The number of carbonyl (C=O) groups is 1. The summed E-state index contributed by atoms with van der Waals surface area (Å²) in [6.07, 6.45) is 2.35. The van der Waals surface area contributed by atoms with Crippen LogP contribution < -0.4 is 5.32 Å². The average Bonchev–Trinajstić information content (AvgIpc) is 3.17. The number of rotatable bonds is 7. The predicted molar refractivity (Wildman–Crippen MR) is 71.9 cm³/mol. The third-order valence-electron chi connectivity index (χ3n) is 3.77. The van der Waals surface area contributed by atoms with Crippen LogP contribution in [0.25, 0.3) is 0 Å². The summed E-state index contributed by atoms with van der Waals surface area (Å²) in [5, 5.41) is 31.6. The van der Waals surface area contributed by atoms with E-state index in [1.807, 2.05) is 0 Å². The van der Waals surface area contributed by atoms with Gasteiger partial charge in [0.15, 0.2) is 0 Å². The van der Waals surface area contributed by atoms with Crippen LogP contribution in [0.15, 0.2) is 12.1 Å². The molecule has 0 heterocycles. The van der Waals surface area contributed by atoms with E-state index < -0.39 is 28.0 Å². The fourth-order valence-corrected chi connectivity index (χ4v) is 2.23. The van der Waals surface area contributed by atoms with E-state index in [9.17, 15) is 19.3 Å². The molecule has 0 radical (unpaired) electrons. The fraction of sp³-hybridized carbons (Fsp3) is 0.462. The number of hydrogen-bond acceptors (Lipinski definition) is 5. The first-order valence-corrected chi connectivity index (χ1v) is 6.44. The highest BCUT2D eigenvalue weighted by Crippen LogP contribution is 2.48. The van der Waals surface area contributed by atoms with Gasteiger partial charge in [0.1, 0.15) is 11.5 Å². The monoisotopic (exact) mass is 298 g/mol. The number of nitro groups is 1. The van der Waals surface area contributed by atoms with Gasteiger partial charge in [-0.3, -0.25) is 10.1 Å². The Morgan fingerprint density at radius 1 is 1.48 bits per heavy atom. The second-order valence-electron chi connectivity index (χ2n) is 5.24. The van der Waals surface area contributed by atoms with Gasteiger partial charge in [0.25, 0.3) is 5.69 Å². The third kappa shape index (κ3) is 3.27. The van der Waals surface area contributed by atoms with Crippen molar-refractivity contribution >= 4 is 17.3 Å². The zero-order valence-electron chi connectivity index (χ0n) is 11.1. The molecule has 0 aromatic heterocycles. The molecule has 0 atom stereocenters. The molecule has 0 unspecified atom stereocenters. The van der Waals surface area contributed by atoms with Gasteiger partial charge < -0.3 is 15.5 Å². The summed E-state index contributed by atoms with van der Waals surface area (Å²) in [7, 11) is 0. The maximum atomic E-state index is 13.5. The van der Waals surface area contributed by atoms with Gasteiger partial charge in [-0.05, 0) is 30.7 Å². The molecular formula is C13H15FN2O5. The standard InChI is InChI=1S/C13H15FN2O5/c14-9-6-11(16(20)21)10(5-8(9)12(18)19)15-7-13(1-2-13)3-4-17/h5-6,15,17H,1-4,7H2,(H,18,19). The lowest BCUT2D eigenvalue weighted by atomic mass is 10.0. The molecule has 1 aromatic carbocycles. The Balaban J connectivity index is 2.26. The molecule has 21 heavy (non-hydrogen) atoms. The summed E-state index contributed by atoms with van der Waals surface area (Å²) >= 11 is 0. The molecule has 3 N–H and O–H groups in total. The van der Waals surface area contributed by atoms with Gasteiger partial charge in [-0.25, -0.2) is 9.18 Å². The average molecular weight is 298 g/mol. The van der Waals surface area contributed by atoms with Crippen LogP contribution in [0.3, 0.4) is 0 Å². The van der Waals surface area contributed by atoms with Gasteiger partial charge in [0.05, 0.1) is 16.6 Å². The first-order valence-electron chi connectivity index (χ1n) is 6.44. The van der Waals surface area contributed by atoms with Gasteiger partial charge in [-0.1, -0.05) is 0 Å². The molecule has 114 valence electrons. The number of carboxylic acid groups (broad SMARTS) is 1. The number of aliphatic hydroxyl groups is 1. The van der Waals surface area contributed by atoms with Crippen LogP contribution in [0.5, 0.6) is 0 Å². The van der Waals surface area contributed by atoms with Gasteiger partial charge in [0.2, 0.25) is 0 Å². The molecule has 7 nitrogen and oxygen atoms in total. The first-order chi connectivity index (χ1) is 9.88. The summed E-state index contributed by atoms with van der Waals surface area (Å²) in [5.74, 6) is -2.63. The molecule has 0 bridgehead atoms. The molecule has 0 saturated heterocycles. The molecule has 1 saturated carbocycles. The number of nitrogens with zero attached hydrogens (tertiary/aromatic N) is 1. The van der Waals surface area contributed by atoms with Crippen molar-refractivity contribution in [1.82, 2.24) is 0 Å². The van der Waals surface area contributed by atoms with Crippen molar-refractivity contribution in [1.29, 1.82) is 0 Å². The maximum absolute atomic E-state index is 13.5. The molecule has 2 rings (SSSR count). The van der Waals surface area contributed by atoms with Crippen LogP contribution in [0, 0.1) is 21.3 Å². The van der Waals surface area contributed by atoms with Gasteiger partial charge in [-0.2, -0.15) is 0 Å². The van der Waals surface area contributed by atoms with Gasteiger partial charge >= 0.3 is 5.97 Å². The highest BCUT2D eigenvalue weighted by atomic mass is 19.1. The van der Waals surface area contributed by atoms with Gasteiger partial charge in [-0.15, -0.1) is 0 Å². The Kier molecular flexibility index (Phi) is 4.08. The lowest BCUT2D eigenvalue weighted by Gasteiger charge is -2.16. The van der Waals surface area contributed by atoms with Crippen LogP contribution in [0.2, 0.25) is 0 Å². The minimum Gasteiger partial charge on any atom is -0.478 e. The van der Waals surface area contributed by atoms with E-state index in [2.05, 4.69) is 5.32 Å². The highest BCUT2D eigenvalue weighted by Gasteiger charge is 2.41. The molecule has 1 aliphatic rings. The molecule has 0 spiro atoms. The van der Waals surface area contributed by atoms with Crippen molar-refractivity contribution in [2.45, 2.75) is 19.3 Å². The summed E-state index contributed by atoms with van der Waals surface area (Å²) in [4.78, 5) is 21.1. The zero-order chi connectivity index (χ0) is 15.6. The second-order valence-corrected chi connectivity index (χ2v) is 5.24. The van der Waals surface area contributed by atoms with E-state index >= 15 is 0 Å². The molecule has 0 amide bonds. The highest BCUT2D eigenvalue weighted by molar-refractivity contribution is 5.90. The largest absolute Gasteiger partial charge is 0.478 e. The SMILES string of the molecule is O=C(O)c1cc(NCC2(CCO)CC2)c([N+](=O)[O-])cc1F. The number of carboxylic acids is 1. The topological polar surface area (TPSA) is 113 Å². The van der Waals surface area contributed by atoms with Gasteiger partial charge in [0, 0.05) is 13.2 Å². The van der Waals surface area contributed by atoms with Crippen LogP contribution in [-0.4, -0.2) is 34.3 Å². The van der Waals surface area contributed by atoms with Crippen molar-refractivity contribution in [3.8, 4) is 0 Å². The third-order valence-corrected chi connectivity index (χ3v) is 3.77. The van der Waals surface area contributed by atoms with Crippen molar-refractivity contribution in [3.63, 3.8) is 0 Å². The minimum absolute atomic E-state index is 0.0214. The Bertz CT molecular complexity index is 586. The number of anilines is 1. The van der Waals surface area contributed by atoms with E-state index in [4.69, 9.17) is 10.2 Å². The summed E-state index contributed by atoms with van der Waals surface area (Å²) in [6, 6.07) is 1.54. The molecular weight excluding hydrogens is 283 g/mol. The van der Waals surface area contributed by atoms with E-state index in [1.165, 1.54) is 0 Å². The first kappa shape index (κ1) is 15.2. The molecule has 1 aliphatic carbocycles. The lowest BCUT2D eigenvalue weighted by molar-refractivity contribution is -0.384. The summed E-state index contributed by atoms with van der Waals surface area (Å²) < 4.78 is 13.5. The normalized spacial score (nSPS) is 15.5. The fourth-order valence-electron chi connectivity index (χ4n) is 2.23. The minimum atomic E-state index is -1.48. The number of aliphatic hydroxyl groups excluding tert-OH is 1. The second kappa shape index (κ2) is 5.65. The number of nitro benzene ring substituents is 1. The lowest BCUT2D eigenvalue weighted by Crippen LogP contribution is -2.18. The van der Waals surface area contributed by atoms with Crippen LogP contribution in [0.1, 0.15) is 29.6 Å². The number of nitrogens with one attached hydrogen (secondary N) is 1. The van der Waals surface area contributed by atoms with E-state index in [-0.39, 0.29) is 17.7 Å². The number of aromatic carboxylic acids is 1. The molecule has 8 heteroatoms. The number of benzene rings is 1. The van der Waals surface area contributed by atoms with Crippen molar-refractivity contribution in [2.24, 2.45) is 5.41 Å². The Hall–Kier alpha value is -2.22. The van der Waals surface area contributed by atoms with Crippen LogP contribution in [-0.2, 0) is 0 Å². The van der Waals surface area contributed by atoms with E-state index in [0.717, 1.165) is 18.9 Å². The van der Waals surface area contributed by atoms with Crippen LogP contribution >= 0.6 is 0 Å². The Morgan fingerprint density at radius 3 is 2.62 bits per heavy atom. The molecule has 1 fully saturated rings. The van der Waals surface area contributed by atoms with Crippen molar-refractivity contribution in [2.75, 3.05) is 18.5 Å². The zero-order valence-corrected chi connectivity index (χ0v) is 11.1. The maximum Gasteiger partial charge on any atom is 0.338 e. The number of hydrogen-bond donors (Lipinski definition) is 3. The summed E-state index contributed by atoms with van der Waals surface area (Å²) in [6.45, 7) is 0.395. The summed E-state index contributed by atoms with van der Waals surface area (Å²) in [5.41, 5.74) is -1.25. The predicted octanol–water partition coefficient (Wildman–Crippen LogP) is 2.01. The van der Waals surface area contributed by atoms with Crippen molar-refractivity contribution in [3.05, 3.63) is 33.6 Å². The van der Waals surface area contributed by atoms with Crippen molar-refractivity contribution < 1.29 is 24.3 Å².